The molecular weight excluding hydrogens is 356 g/mol. The van der Waals surface area contributed by atoms with Gasteiger partial charge >= 0.3 is 0 Å². The predicted octanol–water partition coefficient (Wildman–Crippen LogP) is 4.63. The van der Waals surface area contributed by atoms with Crippen molar-refractivity contribution in [3.05, 3.63) is 81.8 Å². The lowest BCUT2D eigenvalue weighted by molar-refractivity contribution is 0.283. The monoisotopic (exact) mass is 378 g/mol. The standard InChI is InChI=1S/C22H22N2O2S/c1-25-21-12-19-17(11-22(21)26-13-16-5-3-2-4-6-16)9-10-23-20(19)8-7-18-14-27-15-24-18/h2-8,11-12,14-15,20,23H,9-10,13H2,1H3. The molecule has 4 nitrogen and oxygen atoms in total. The molecule has 1 unspecified atom stereocenters. The molecule has 0 bridgehead atoms. The maximum absolute atomic E-state index is 6.06. The second-order valence-electron chi connectivity index (χ2n) is 6.43. The number of aromatic nitrogens is 1. The molecule has 5 heteroatoms. The fourth-order valence-corrected chi connectivity index (χ4v) is 3.80. The summed E-state index contributed by atoms with van der Waals surface area (Å²) in [6.45, 7) is 1.46. The number of fused-ring (bicyclic) bond motifs is 1. The van der Waals surface area contributed by atoms with Crippen LogP contribution in [0.2, 0.25) is 0 Å². The molecule has 138 valence electrons. The quantitative estimate of drug-likeness (QED) is 0.679. The first-order chi connectivity index (χ1) is 13.3. The summed E-state index contributed by atoms with van der Waals surface area (Å²) in [5.74, 6) is 1.56. The van der Waals surface area contributed by atoms with Gasteiger partial charge in [-0.15, -0.1) is 11.3 Å². The summed E-state index contributed by atoms with van der Waals surface area (Å²) in [6, 6.07) is 14.5. The van der Waals surface area contributed by atoms with Gasteiger partial charge in [0.05, 0.1) is 24.4 Å². The highest BCUT2D eigenvalue weighted by molar-refractivity contribution is 7.07. The Bertz CT molecular complexity index is 908. The summed E-state index contributed by atoms with van der Waals surface area (Å²) in [5, 5.41) is 5.60. The van der Waals surface area contributed by atoms with Crippen LogP contribution in [-0.2, 0) is 13.0 Å². The fraction of sp³-hybridized carbons (Fsp3) is 0.227. The van der Waals surface area contributed by atoms with Crippen LogP contribution in [0.1, 0.15) is 28.4 Å². The Kier molecular flexibility index (Phi) is 5.51. The molecule has 2 heterocycles. The number of hydrogen-bond donors (Lipinski definition) is 1. The van der Waals surface area contributed by atoms with E-state index in [2.05, 4.69) is 46.7 Å². The Hall–Kier alpha value is -2.63. The fourth-order valence-electron chi connectivity index (χ4n) is 3.27. The first kappa shape index (κ1) is 17.8. The zero-order valence-corrected chi connectivity index (χ0v) is 16.0. The lowest BCUT2D eigenvalue weighted by Crippen LogP contribution is -2.28. The molecule has 1 aliphatic heterocycles. The molecule has 4 rings (SSSR count). The molecule has 0 spiro atoms. The SMILES string of the molecule is COc1cc2c(cc1OCc1ccccc1)CCNC2C=Cc1cscn1. The van der Waals surface area contributed by atoms with Gasteiger partial charge in [-0.2, -0.15) is 0 Å². The highest BCUT2D eigenvalue weighted by atomic mass is 32.1. The van der Waals surface area contributed by atoms with Crippen LogP contribution in [0.25, 0.3) is 6.08 Å². The van der Waals surface area contributed by atoms with Crippen LogP contribution in [0.15, 0.2) is 59.4 Å². The smallest absolute Gasteiger partial charge is 0.161 e. The van der Waals surface area contributed by atoms with Crippen molar-refractivity contribution in [2.45, 2.75) is 19.1 Å². The van der Waals surface area contributed by atoms with E-state index < -0.39 is 0 Å². The molecule has 0 aliphatic carbocycles. The van der Waals surface area contributed by atoms with Crippen molar-refractivity contribution in [1.82, 2.24) is 10.3 Å². The molecule has 1 N–H and O–H groups in total. The Morgan fingerprint density at radius 1 is 1.22 bits per heavy atom. The van der Waals surface area contributed by atoms with E-state index >= 15 is 0 Å². The minimum Gasteiger partial charge on any atom is -0.493 e. The second-order valence-corrected chi connectivity index (χ2v) is 7.15. The lowest BCUT2D eigenvalue weighted by atomic mass is 9.93. The molecule has 2 aromatic carbocycles. The van der Waals surface area contributed by atoms with Crippen molar-refractivity contribution in [2.75, 3.05) is 13.7 Å². The van der Waals surface area contributed by atoms with E-state index in [0.29, 0.717) is 6.61 Å². The molecule has 0 saturated heterocycles. The zero-order chi connectivity index (χ0) is 18.5. The van der Waals surface area contributed by atoms with Crippen LogP contribution in [0, 0.1) is 0 Å². The average molecular weight is 378 g/mol. The van der Waals surface area contributed by atoms with Gasteiger partial charge in [-0.3, -0.25) is 0 Å². The summed E-state index contributed by atoms with van der Waals surface area (Å²) >= 11 is 1.60. The number of methoxy groups -OCH3 is 1. The van der Waals surface area contributed by atoms with Gasteiger partial charge < -0.3 is 14.8 Å². The third-order valence-corrected chi connectivity index (χ3v) is 5.27. The topological polar surface area (TPSA) is 43.4 Å². The van der Waals surface area contributed by atoms with Gasteiger partial charge in [0.1, 0.15) is 6.61 Å². The summed E-state index contributed by atoms with van der Waals surface area (Å²) in [6.07, 6.45) is 5.20. The van der Waals surface area contributed by atoms with Gasteiger partial charge in [0.25, 0.3) is 0 Å². The first-order valence-electron chi connectivity index (χ1n) is 9.01. The van der Waals surface area contributed by atoms with Crippen LogP contribution in [0.5, 0.6) is 11.5 Å². The van der Waals surface area contributed by atoms with Crippen molar-refractivity contribution in [3.63, 3.8) is 0 Å². The molecule has 3 aromatic rings. The Morgan fingerprint density at radius 2 is 2.11 bits per heavy atom. The maximum atomic E-state index is 6.06. The maximum Gasteiger partial charge on any atom is 0.161 e. The highest BCUT2D eigenvalue weighted by Gasteiger charge is 2.21. The van der Waals surface area contributed by atoms with E-state index in [1.54, 1.807) is 18.4 Å². The number of rotatable bonds is 6. The van der Waals surface area contributed by atoms with E-state index in [0.717, 1.165) is 35.7 Å². The van der Waals surface area contributed by atoms with Gasteiger partial charge in [-0.25, -0.2) is 4.98 Å². The first-order valence-corrected chi connectivity index (χ1v) is 9.95. The second kappa shape index (κ2) is 8.37. The van der Waals surface area contributed by atoms with Crippen LogP contribution >= 0.6 is 11.3 Å². The molecule has 0 fully saturated rings. The number of ether oxygens (including phenoxy) is 2. The normalized spacial score (nSPS) is 16.3. The molecular formula is C22H22N2O2S. The highest BCUT2D eigenvalue weighted by Crippen LogP contribution is 2.36. The molecule has 1 atom stereocenters. The van der Waals surface area contributed by atoms with Gasteiger partial charge in [0, 0.05) is 11.9 Å². The largest absolute Gasteiger partial charge is 0.493 e. The lowest BCUT2D eigenvalue weighted by Gasteiger charge is -2.26. The minimum atomic E-state index is 0.146. The van der Waals surface area contributed by atoms with Gasteiger partial charge in [0.15, 0.2) is 11.5 Å². The van der Waals surface area contributed by atoms with Gasteiger partial charge in [-0.05, 0) is 41.3 Å². The van der Waals surface area contributed by atoms with Crippen molar-refractivity contribution in [3.8, 4) is 11.5 Å². The Morgan fingerprint density at radius 3 is 2.89 bits per heavy atom. The Balaban J connectivity index is 1.57. The predicted molar refractivity (Wildman–Crippen MR) is 109 cm³/mol. The summed E-state index contributed by atoms with van der Waals surface area (Å²) in [7, 11) is 1.69. The molecule has 0 saturated carbocycles. The van der Waals surface area contributed by atoms with Crippen LogP contribution in [0.3, 0.4) is 0 Å². The number of nitrogens with one attached hydrogen (secondary N) is 1. The average Bonchev–Trinajstić information content (AvgIpc) is 3.24. The molecule has 0 amide bonds. The molecule has 0 radical (unpaired) electrons. The molecule has 27 heavy (non-hydrogen) atoms. The number of nitrogens with zero attached hydrogens (tertiary/aromatic N) is 1. The molecule has 1 aliphatic rings. The van der Waals surface area contributed by atoms with Crippen LogP contribution in [0.4, 0.5) is 0 Å². The van der Waals surface area contributed by atoms with Crippen LogP contribution in [-0.4, -0.2) is 18.6 Å². The van der Waals surface area contributed by atoms with Crippen molar-refractivity contribution in [1.29, 1.82) is 0 Å². The van der Waals surface area contributed by atoms with Gasteiger partial charge in [0.2, 0.25) is 0 Å². The Labute approximate surface area is 163 Å². The van der Waals surface area contributed by atoms with Gasteiger partial charge in [-0.1, -0.05) is 36.4 Å². The van der Waals surface area contributed by atoms with E-state index in [-0.39, 0.29) is 6.04 Å². The molecule has 1 aromatic heterocycles. The van der Waals surface area contributed by atoms with E-state index in [4.69, 9.17) is 9.47 Å². The summed E-state index contributed by atoms with van der Waals surface area (Å²) < 4.78 is 11.7. The van der Waals surface area contributed by atoms with E-state index in [9.17, 15) is 0 Å². The summed E-state index contributed by atoms with van der Waals surface area (Å²) in [5.41, 5.74) is 6.51. The number of thiazole rings is 1. The van der Waals surface area contributed by atoms with E-state index in [1.807, 2.05) is 29.1 Å². The van der Waals surface area contributed by atoms with Crippen LogP contribution < -0.4 is 14.8 Å². The zero-order valence-electron chi connectivity index (χ0n) is 15.2. The third kappa shape index (κ3) is 4.21. The third-order valence-electron chi connectivity index (χ3n) is 4.67. The number of benzene rings is 2. The number of hydrogen-bond acceptors (Lipinski definition) is 5. The van der Waals surface area contributed by atoms with Crippen molar-refractivity contribution < 1.29 is 9.47 Å². The van der Waals surface area contributed by atoms with Crippen molar-refractivity contribution in [2.24, 2.45) is 0 Å². The van der Waals surface area contributed by atoms with Crippen molar-refractivity contribution >= 4 is 17.4 Å². The van der Waals surface area contributed by atoms with E-state index in [1.165, 1.54) is 11.1 Å². The summed E-state index contributed by atoms with van der Waals surface area (Å²) in [4.78, 5) is 4.32. The minimum absolute atomic E-state index is 0.146.